The van der Waals surface area contributed by atoms with E-state index in [4.69, 9.17) is 4.74 Å². The van der Waals surface area contributed by atoms with Crippen molar-refractivity contribution >= 4 is 5.91 Å². The molecule has 2 aromatic rings. The number of hydrogen-bond donors (Lipinski definition) is 1. The molecule has 1 aliphatic heterocycles. The first kappa shape index (κ1) is 16.5. The van der Waals surface area contributed by atoms with Gasteiger partial charge in [-0.2, -0.15) is 0 Å². The summed E-state index contributed by atoms with van der Waals surface area (Å²) in [5.74, 6) is 0.507. The van der Waals surface area contributed by atoms with E-state index in [0.717, 1.165) is 17.7 Å². The van der Waals surface area contributed by atoms with Crippen molar-refractivity contribution in [2.75, 3.05) is 20.2 Å². The van der Waals surface area contributed by atoms with Gasteiger partial charge in [0.2, 0.25) is 5.91 Å². The molecule has 4 nitrogen and oxygen atoms in total. The molecule has 1 aliphatic rings. The first-order valence-corrected chi connectivity index (χ1v) is 8.06. The summed E-state index contributed by atoms with van der Waals surface area (Å²) in [5.41, 5.74) is 1.60. The van der Waals surface area contributed by atoms with Crippen molar-refractivity contribution in [3.8, 4) is 5.75 Å². The lowest BCUT2D eigenvalue weighted by Crippen LogP contribution is -2.38. The van der Waals surface area contributed by atoms with Gasteiger partial charge in [-0.3, -0.25) is 9.69 Å². The van der Waals surface area contributed by atoms with Crippen LogP contribution < -0.4 is 10.1 Å². The zero-order valence-electron chi connectivity index (χ0n) is 13.7. The molecule has 126 valence electrons. The molecule has 1 heterocycles. The molecule has 1 unspecified atom stereocenters. The standard InChI is InChI=1S/C19H21FN2O2/c1-22(12-14-6-2-4-8-16(14)20)13-19(23)21-17-10-11-24-18-9-5-3-7-15(17)18/h2-9,17H,10-13H2,1H3,(H,21,23). The number of hydrogen-bond acceptors (Lipinski definition) is 3. The smallest absolute Gasteiger partial charge is 0.234 e. The number of nitrogens with zero attached hydrogens (tertiary/aromatic N) is 1. The highest BCUT2D eigenvalue weighted by molar-refractivity contribution is 5.78. The van der Waals surface area contributed by atoms with E-state index < -0.39 is 0 Å². The van der Waals surface area contributed by atoms with Gasteiger partial charge in [-0.05, 0) is 19.2 Å². The molecule has 2 aromatic carbocycles. The quantitative estimate of drug-likeness (QED) is 0.918. The molecular weight excluding hydrogens is 307 g/mol. The summed E-state index contributed by atoms with van der Waals surface area (Å²) < 4.78 is 19.3. The Labute approximate surface area is 141 Å². The van der Waals surface area contributed by atoms with E-state index in [1.165, 1.54) is 6.07 Å². The van der Waals surface area contributed by atoms with Crippen molar-refractivity contribution in [3.63, 3.8) is 0 Å². The van der Waals surface area contributed by atoms with Crippen LogP contribution in [-0.4, -0.2) is 31.0 Å². The van der Waals surface area contributed by atoms with Crippen molar-refractivity contribution in [3.05, 3.63) is 65.5 Å². The highest BCUT2D eigenvalue weighted by atomic mass is 19.1. The third kappa shape index (κ3) is 3.92. The summed E-state index contributed by atoms with van der Waals surface area (Å²) in [6, 6.07) is 14.3. The van der Waals surface area contributed by atoms with Crippen LogP contribution in [0.3, 0.4) is 0 Å². The van der Waals surface area contributed by atoms with Crippen LogP contribution in [0.2, 0.25) is 0 Å². The van der Waals surface area contributed by atoms with E-state index in [1.807, 2.05) is 31.3 Å². The van der Waals surface area contributed by atoms with Crippen LogP contribution in [0.4, 0.5) is 4.39 Å². The Kier molecular flexibility index (Phi) is 5.11. The normalized spacial score (nSPS) is 16.4. The molecule has 1 N–H and O–H groups in total. The number of likely N-dealkylation sites (N-methyl/N-ethyl adjacent to an activating group) is 1. The molecule has 24 heavy (non-hydrogen) atoms. The van der Waals surface area contributed by atoms with E-state index in [-0.39, 0.29) is 24.3 Å². The molecule has 1 amide bonds. The highest BCUT2D eigenvalue weighted by Crippen LogP contribution is 2.31. The van der Waals surface area contributed by atoms with Gasteiger partial charge >= 0.3 is 0 Å². The van der Waals surface area contributed by atoms with Gasteiger partial charge in [0.25, 0.3) is 0 Å². The molecule has 0 aliphatic carbocycles. The first-order chi connectivity index (χ1) is 11.6. The predicted molar refractivity (Wildman–Crippen MR) is 90.2 cm³/mol. The molecule has 0 radical (unpaired) electrons. The Bertz CT molecular complexity index is 720. The number of halogens is 1. The van der Waals surface area contributed by atoms with Crippen molar-refractivity contribution in [1.29, 1.82) is 0 Å². The minimum atomic E-state index is -0.247. The van der Waals surface area contributed by atoms with Gasteiger partial charge in [-0.15, -0.1) is 0 Å². The van der Waals surface area contributed by atoms with Crippen LogP contribution in [-0.2, 0) is 11.3 Å². The number of para-hydroxylation sites is 1. The molecule has 0 spiro atoms. The summed E-state index contributed by atoms with van der Waals surface area (Å²) in [7, 11) is 1.81. The topological polar surface area (TPSA) is 41.6 Å². The lowest BCUT2D eigenvalue weighted by Gasteiger charge is -2.27. The molecule has 0 fully saturated rings. The van der Waals surface area contributed by atoms with Gasteiger partial charge < -0.3 is 10.1 Å². The number of fused-ring (bicyclic) bond motifs is 1. The number of nitrogens with one attached hydrogen (secondary N) is 1. The summed E-state index contributed by atoms with van der Waals surface area (Å²) >= 11 is 0. The minimum Gasteiger partial charge on any atom is -0.493 e. The van der Waals surface area contributed by atoms with Crippen LogP contribution >= 0.6 is 0 Å². The lowest BCUT2D eigenvalue weighted by molar-refractivity contribution is -0.123. The van der Waals surface area contributed by atoms with E-state index >= 15 is 0 Å². The van der Waals surface area contributed by atoms with Crippen LogP contribution in [0, 0.1) is 5.82 Å². The molecule has 0 saturated heterocycles. The van der Waals surface area contributed by atoms with Crippen LogP contribution in [0.15, 0.2) is 48.5 Å². The van der Waals surface area contributed by atoms with Crippen LogP contribution in [0.1, 0.15) is 23.6 Å². The maximum Gasteiger partial charge on any atom is 0.234 e. The Hall–Kier alpha value is -2.40. The fraction of sp³-hybridized carbons (Fsp3) is 0.316. The van der Waals surface area contributed by atoms with Gasteiger partial charge in [0.1, 0.15) is 11.6 Å². The van der Waals surface area contributed by atoms with Gasteiger partial charge in [0.15, 0.2) is 0 Å². The van der Waals surface area contributed by atoms with Crippen molar-refractivity contribution in [2.24, 2.45) is 0 Å². The van der Waals surface area contributed by atoms with Crippen LogP contribution in [0.5, 0.6) is 5.75 Å². The minimum absolute atomic E-state index is 0.0377. The molecule has 3 rings (SSSR count). The summed E-state index contributed by atoms with van der Waals surface area (Å²) in [6.45, 7) is 1.20. The van der Waals surface area contributed by atoms with Crippen molar-refractivity contribution in [2.45, 2.75) is 19.0 Å². The third-order valence-electron chi connectivity index (χ3n) is 4.11. The number of amides is 1. The Morgan fingerprint density at radius 3 is 2.83 bits per heavy atom. The first-order valence-electron chi connectivity index (χ1n) is 8.06. The lowest BCUT2D eigenvalue weighted by atomic mass is 10.0. The number of carbonyl (C=O) groups excluding carboxylic acids is 1. The maximum atomic E-state index is 13.7. The molecule has 5 heteroatoms. The average Bonchev–Trinajstić information content (AvgIpc) is 2.57. The SMILES string of the molecule is CN(CC(=O)NC1CCOc2ccccc21)Cc1ccccc1F. The highest BCUT2D eigenvalue weighted by Gasteiger charge is 2.23. The fourth-order valence-electron chi connectivity index (χ4n) is 2.95. The van der Waals surface area contributed by atoms with E-state index in [0.29, 0.717) is 18.7 Å². The maximum absolute atomic E-state index is 13.7. The molecule has 0 bridgehead atoms. The van der Waals surface area contributed by atoms with Crippen molar-refractivity contribution < 1.29 is 13.9 Å². The van der Waals surface area contributed by atoms with E-state index in [1.54, 1.807) is 23.1 Å². The van der Waals surface area contributed by atoms with Gasteiger partial charge in [-0.1, -0.05) is 36.4 Å². The second kappa shape index (κ2) is 7.45. The molecule has 1 atom stereocenters. The zero-order chi connectivity index (χ0) is 16.9. The van der Waals surface area contributed by atoms with E-state index in [2.05, 4.69) is 5.32 Å². The monoisotopic (exact) mass is 328 g/mol. The van der Waals surface area contributed by atoms with Crippen LogP contribution in [0.25, 0.3) is 0 Å². The second-order valence-electron chi connectivity index (χ2n) is 6.06. The zero-order valence-corrected chi connectivity index (χ0v) is 13.7. The summed E-state index contributed by atoms with van der Waals surface area (Å²) in [4.78, 5) is 14.1. The Balaban J connectivity index is 1.57. The Morgan fingerprint density at radius 2 is 2.00 bits per heavy atom. The largest absolute Gasteiger partial charge is 0.493 e. The van der Waals surface area contributed by atoms with Gasteiger partial charge in [0.05, 0.1) is 19.2 Å². The molecular formula is C19H21FN2O2. The van der Waals surface area contributed by atoms with Crippen molar-refractivity contribution in [1.82, 2.24) is 10.2 Å². The second-order valence-corrected chi connectivity index (χ2v) is 6.06. The number of benzene rings is 2. The van der Waals surface area contributed by atoms with Gasteiger partial charge in [-0.25, -0.2) is 4.39 Å². The number of rotatable bonds is 5. The summed E-state index contributed by atoms with van der Waals surface area (Å²) in [5, 5.41) is 3.05. The predicted octanol–water partition coefficient (Wildman–Crippen LogP) is 2.90. The summed E-state index contributed by atoms with van der Waals surface area (Å²) in [6.07, 6.45) is 0.750. The third-order valence-corrected chi connectivity index (χ3v) is 4.11. The Morgan fingerprint density at radius 1 is 1.25 bits per heavy atom. The number of ether oxygens (including phenoxy) is 1. The molecule has 0 saturated carbocycles. The van der Waals surface area contributed by atoms with E-state index in [9.17, 15) is 9.18 Å². The average molecular weight is 328 g/mol. The molecule has 0 aromatic heterocycles. The fourth-order valence-corrected chi connectivity index (χ4v) is 2.95. The van der Waals surface area contributed by atoms with Gasteiger partial charge in [0, 0.05) is 24.1 Å². The number of carbonyl (C=O) groups is 1.